The minimum atomic E-state index is -1.66. The van der Waals surface area contributed by atoms with Gasteiger partial charge >= 0.3 is 5.69 Å². The molecule has 1 fully saturated rings. The Labute approximate surface area is 434 Å². The lowest BCUT2D eigenvalue weighted by molar-refractivity contribution is -0.184. The molecule has 0 bridgehead atoms. The molecule has 71 heavy (non-hydrogen) atoms. The molecule has 13 heteroatoms. The molecule has 12 nitrogen and oxygen atoms in total. The van der Waals surface area contributed by atoms with Crippen molar-refractivity contribution in [2.75, 3.05) is 40.5 Å². The van der Waals surface area contributed by atoms with Crippen LogP contribution in [-0.2, 0) is 23.4 Å². The SMILES string of the molecule is [C-]#[N+]CCOP(OC1[C@@H](CON(C)CC(CCCCCCCC/C=C\C/C=C\CCCCC)CCCCCCCC/C=C\C/C=C\CCCCC)O[C@@H](n2ccc(=O)[nH]c2=O)[C@H]1OC)N(C(C)C)C(C)C. The number of hydrogen-bond acceptors (Lipinski definition) is 9. The molecule has 2 rings (SSSR count). The van der Waals surface area contributed by atoms with Gasteiger partial charge in [0, 0.05) is 45.0 Å². The van der Waals surface area contributed by atoms with Gasteiger partial charge in [0.05, 0.1) is 6.61 Å². The van der Waals surface area contributed by atoms with E-state index in [4.69, 9.17) is 29.9 Å². The normalized spacial score (nSPS) is 18.2. The third-order valence-corrected chi connectivity index (χ3v) is 15.3. The van der Waals surface area contributed by atoms with E-state index in [2.05, 4.69) is 105 Å². The van der Waals surface area contributed by atoms with Crippen molar-refractivity contribution in [3.63, 3.8) is 0 Å². The summed E-state index contributed by atoms with van der Waals surface area (Å²) in [5.74, 6) is 0.502. The molecular weight excluding hydrogens is 910 g/mol. The second kappa shape index (κ2) is 42.6. The zero-order valence-corrected chi connectivity index (χ0v) is 47.0. The third-order valence-electron chi connectivity index (χ3n) is 13.1. The van der Waals surface area contributed by atoms with Gasteiger partial charge in [0.15, 0.2) is 6.23 Å². The average molecular weight is 1010 g/mol. The van der Waals surface area contributed by atoms with Gasteiger partial charge in [-0.2, -0.15) is 5.06 Å². The lowest BCUT2D eigenvalue weighted by Crippen LogP contribution is -2.42. The van der Waals surface area contributed by atoms with Gasteiger partial charge in [-0.25, -0.2) is 16.0 Å². The number of nitrogens with one attached hydrogen (secondary N) is 1. The highest BCUT2D eigenvalue weighted by Crippen LogP contribution is 2.50. The Morgan fingerprint density at radius 1 is 0.732 bits per heavy atom. The molecule has 0 aromatic carbocycles. The van der Waals surface area contributed by atoms with Gasteiger partial charge in [-0.05, 0) is 111 Å². The van der Waals surface area contributed by atoms with E-state index in [1.54, 1.807) is 7.11 Å². The summed E-state index contributed by atoms with van der Waals surface area (Å²) in [7, 11) is 1.91. The van der Waals surface area contributed by atoms with Crippen LogP contribution in [0.5, 0.6) is 0 Å². The Morgan fingerprint density at radius 2 is 1.23 bits per heavy atom. The van der Waals surface area contributed by atoms with Crippen LogP contribution in [0.3, 0.4) is 0 Å². The average Bonchev–Trinajstić information content (AvgIpc) is 3.68. The first-order chi connectivity index (χ1) is 34.6. The fourth-order valence-electron chi connectivity index (χ4n) is 9.25. The standard InChI is InChI=1S/C58H102N5O7P/c1-10-12-14-16-18-20-22-24-26-28-30-32-34-36-38-40-42-52(43-41-39-37-35-33-31-29-27-25-23-21-19-17-15-13-11-2)48-61(8)67-49-53-55(70-71(68-47-45-59-7)63(50(3)4)51(5)6)56(66-9)57(69-53)62-46-44-54(64)60-58(62)65/h18-21,24-27,44,46,50-53,55-57H,10-17,22-23,28-43,45,47-49H2,1-6,8-9H3,(H,60,64,65)/b20-18-,21-19-,26-24-,27-25-/t53-,55?,56+,57-,71?/m1/s1. The lowest BCUT2D eigenvalue weighted by atomic mass is 9.94. The summed E-state index contributed by atoms with van der Waals surface area (Å²) < 4.78 is 29.4. The van der Waals surface area contributed by atoms with Crippen LogP contribution >= 0.6 is 8.53 Å². The highest BCUT2D eigenvalue weighted by atomic mass is 31.2. The molecule has 2 unspecified atom stereocenters. The van der Waals surface area contributed by atoms with Crippen LogP contribution in [0.15, 0.2) is 70.5 Å². The summed E-state index contributed by atoms with van der Waals surface area (Å²) in [6.45, 7) is 21.6. The summed E-state index contributed by atoms with van der Waals surface area (Å²) in [5, 5.41) is 1.96. The number of aromatic nitrogens is 2. The second-order valence-corrected chi connectivity index (χ2v) is 21.5. The largest absolute Gasteiger partial charge is 0.374 e. The highest BCUT2D eigenvalue weighted by Gasteiger charge is 2.50. The maximum absolute atomic E-state index is 13.1. The van der Waals surface area contributed by atoms with Crippen molar-refractivity contribution in [2.24, 2.45) is 5.92 Å². The van der Waals surface area contributed by atoms with E-state index in [9.17, 15) is 9.59 Å². The van der Waals surface area contributed by atoms with E-state index in [1.807, 2.05) is 12.1 Å². The Bertz CT molecular complexity index is 1670. The van der Waals surface area contributed by atoms with Crippen molar-refractivity contribution in [3.05, 3.63) is 93.1 Å². The second-order valence-electron chi connectivity index (χ2n) is 20.1. The first kappa shape index (κ1) is 64.4. The van der Waals surface area contributed by atoms with E-state index in [0.29, 0.717) is 5.92 Å². The fraction of sp³-hybridized carbons (Fsp3) is 0.776. The summed E-state index contributed by atoms with van der Waals surface area (Å²) in [4.78, 5) is 37.6. The van der Waals surface area contributed by atoms with Gasteiger partial charge in [-0.15, -0.1) is 0 Å². The van der Waals surface area contributed by atoms with Crippen LogP contribution in [0.2, 0.25) is 0 Å². The first-order valence-corrected chi connectivity index (χ1v) is 29.4. The Balaban J connectivity index is 2.04. The molecular formula is C58H102N5O7P. The van der Waals surface area contributed by atoms with Crippen molar-refractivity contribution in [3.8, 4) is 0 Å². The highest BCUT2D eigenvalue weighted by molar-refractivity contribution is 7.44. The number of ether oxygens (including phenoxy) is 2. The summed E-state index contributed by atoms with van der Waals surface area (Å²) in [5.41, 5.74) is -1.09. The van der Waals surface area contributed by atoms with Gasteiger partial charge < -0.3 is 23.4 Å². The summed E-state index contributed by atoms with van der Waals surface area (Å²) in [6.07, 6.45) is 49.4. The first-order valence-electron chi connectivity index (χ1n) is 28.2. The molecule has 406 valence electrons. The van der Waals surface area contributed by atoms with Crippen LogP contribution < -0.4 is 11.2 Å². The molecule has 0 saturated carbocycles. The van der Waals surface area contributed by atoms with E-state index >= 15 is 0 Å². The quantitative estimate of drug-likeness (QED) is 0.0224. The molecule has 1 aromatic heterocycles. The molecule has 0 spiro atoms. The number of hydroxylamine groups is 2. The zero-order chi connectivity index (χ0) is 51.7. The maximum Gasteiger partial charge on any atom is 0.330 e. The molecule has 5 atom stereocenters. The van der Waals surface area contributed by atoms with Gasteiger partial charge in [0.25, 0.3) is 14.1 Å². The fourth-order valence-corrected chi connectivity index (χ4v) is 11.0. The van der Waals surface area contributed by atoms with Crippen LogP contribution in [0.25, 0.3) is 4.85 Å². The summed E-state index contributed by atoms with van der Waals surface area (Å²) >= 11 is 0. The molecule has 0 aliphatic carbocycles. The van der Waals surface area contributed by atoms with Gasteiger partial charge in [-0.3, -0.25) is 19.2 Å². The van der Waals surface area contributed by atoms with E-state index in [-0.39, 0.29) is 31.8 Å². The monoisotopic (exact) mass is 1010 g/mol. The predicted molar refractivity (Wildman–Crippen MR) is 297 cm³/mol. The minimum absolute atomic E-state index is 0.0856. The number of rotatable bonds is 45. The molecule has 1 aliphatic heterocycles. The van der Waals surface area contributed by atoms with Crippen molar-refractivity contribution in [1.82, 2.24) is 19.3 Å². The van der Waals surface area contributed by atoms with E-state index < -0.39 is 44.3 Å². The van der Waals surface area contributed by atoms with Crippen molar-refractivity contribution < 1.29 is 23.4 Å². The van der Waals surface area contributed by atoms with Crippen LogP contribution in [0, 0.1) is 12.5 Å². The third kappa shape index (κ3) is 29.7. The Morgan fingerprint density at radius 3 is 1.69 bits per heavy atom. The van der Waals surface area contributed by atoms with E-state index in [0.717, 1.165) is 19.4 Å². The minimum Gasteiger partial charge on any atom is -0.374 e. The molecule has 1 N–H and O–H groups in total. The van der Waals surface area contributed by atoms with Crippen molar-refractivity contribution >= 4 is 8.53 Å². The maximum atomic E-state index is 13.1. The van der Waals surface area contributed by atoms with Crippen molar-refractivity contribution in [1.29, 1.82) is 0 Å². The Kier molecular flexibility index (Phi) is 38.7. The predicted octanol–water partition coefficient (Wildman–Crippen LogP) is 15.0. The molecule has 0 radical (unpaired) electrons. The van der Waals surface area contributed by atoms with E-state index in [1.165, 1.54) is 171 Å². The van der Waals surface area contributed by atoms with Crippen LogP contribution in [0.4, 0.5) is 0 Å². The molecule has 1 aromatic rings. The number of hydrogen-bond donors (Lipinski definition) is 1. The lowest BCUT2D eigenvalue weighted by Gasteiger charge is -2.38. The van der Waals surface area contributed by atoms with Crippen molar-refractivity contribution in [2.45, 2.75) is 245 Å². The molecule has 1 aliphatic rings. The zero-order valence-electron chi connectivity index (χ0n) is 46.1. The molecule has 0 amide bonds. The number of unbranched alkanes of at least 4 members (excludes halogenated alkanes) is 18. The van der Waals surface area contributed by atoms with Crippen LogP contribution in [-0.4, -0.2) is 90.1 Å². The number of allylic oxidation sites excluding steroid dienone is 8. The number of H-pyrrole nitrogens is 1. The van der Waals surface area contributed by atoms with Gasteiger partial charge in [0.1, 0.15) is 24.9 Å². The smallest absolute Gasteiger partial charge is 0.330 e. The molecule has 2 heterocycles. The number of nitrogens with zero attached hydrogens (tertiary/aromatic N) is 4. The number of aromatic amines is 1. The summed E-state index contributed by atoms with van der Waals surface area (Å²) in [6, 6.07) is 1.47. The topological polar surface area (TPSA) is 112 Å². The van der Waals surface area contributed by atoms with Crippen LogP contribution in [0.1, 0.15) is 215 Å². The van der Waals surface area contributed by atoms with Gasteiger partial charge in [0.2, 0.25) is 6.54 Å². The Hall–Kier alpha value is -2.72. The molecule has 1 saturated heterocycles. The number of methoxy groups -OCH3 is 1. The van der Waals surface area contributed by atoms with Gasteiger partial charge in [-0.1, -0.05) is 152 Å².